The number of aryl methyl sites for hydroxylation is 1. The first-order valence-corrected chi connectivity index (χ1v) is 10.1. The molecule has 0 radical (unpaired) electrons. The number of cyclic esters (lactones) is 1. The van der Waals surface area contributed by atoms with Crippen LogP contribution >= 0.6 is 0 Å². The standard InChI is InChI=1S/C26H23NO4/c1-18-8-11-21(12-9-18)25-27-22(26(28)31-25)16-20-10-13-23(24(17-20)29-2)30-15-14-19-6-4-3-5-7-19/h3-13,16-17H,14-15H2,1-2H3/b22-16-. The van der Waals surface area contributed by atoms with Gasteiger partial charge < -0.3 is 14.2 Å². The zero-order valence-electron chi connectivity index (χ0n) is 17.5. The highest BCUT2D eigenvalue weighted by molar-refractivity contribution is 6.12. The minimum absolute atomic E-state index is 0.246. The van der Waals surface area contributed by atoms with Gasteiger partial charge in [-0.25, -0.2) is 9.79 Å². The summed E-state index contributed by atoms with van der Waals surface area (Å²) in [5, 5.41) is 0. The lowest BCUT2D eigenvalue weighted by atomic mass is 10.1. The van der Waals surface area contributed by atoms with Crippen LogP contribution in [0.2, 0.25) is 0 Å². The second kappa shape index (κ2) is 9.30. The molecule has 1 aliphatic rings. The molecule has 0 saturated carbocycles. The SMILES string of the molecule is COc1cc(/C=C2\N=C(c3ccc(C)cc3)OC2=O)ccc1OCCc1ccccc1. The molecule has 0 N–H and O–H groups in total. The Hall–Kier alpha value is -3.86. The van der Waals surface area contributed by atoms with Crippen molar-refractivity contribution in [2.75, 3.05) is 13.7 Å². The smallest absolute Gasteiger partial charge is 0.363 e. The van der Waals surface area contributed by atoms with E-state index in [-0.39, 0.29) is 5.70 Å². The molecule has 0 aromatic heterocycles. The third-order valence-electron chi connectivity index (χ3n) is 4.90. The molecule has 5 nitrogen and oxygen atoms in total. The van der Waals surface area contributed by atoms with Gasteiger partial charge in [0.1, 0.15) is 0 Å². The van der Waals surface area contributed by atoms with Gasteiger partial charge in [-0.1, -0.05) is 54.1 Å². The van der Waals surface area contributed by atoms with Crippen LogP contribution in [0.15, 0.2) is 83.5 Å². The van der Waals surface area contributed by atoms with Gasteiger partial charge in [-0.05, 0) is 48.4 Å². The fraction of sp³-hybridized carbons (Fsp3) is 0.154. The third-order valence-corrected chi connectivity index (χ3v) is 4.90. The van der Waals surface area contributed by atoms with Crippen molar-refractivity contribution in [3.05, 3.63) is 101 Å². The first-order chi connectivity index (χ1) is 15.1. The van der Waals surface area contributed by atoms with Gasteiger partial charge in [-0.3, -0.25) is 0 Å². The number of carbonyl (C=O) groups excluding carboxylic acids is 1. The van der Waals surface area contributed by atoms with E-state index in [9.17, 15) is 4.79 Å². The minimum atomic E-state index is -0.474. The highest BCUT2D eigenvalue weighted by atomic mass is 16.6. The molecule has 31 heavy (non-hydrogen) atoms. The van der Waals surface area contributed by atoms with Crippen molar-refractivity contribution in [2.45, 2.75) is 13.3 Å². The summed E-state index contributed by atoms with van der Waals surface area (Å²) >= 11 is 0. The molecule has 0 amide bonds. The quantitative estimate of drug-likeness (QED) is 0.405. The van der Waals surface area contributed by atoms with Gasteiger partial charge in [0.15, 0.2) is 17.2 Å². The highest BCUT2D eigenvalue weighted by Crippen LogP contribution is 2.30. The fourth-order valence-corrected chi connectivity index (χ4v) is 3.20. The summed E-state index contributed by atoms with van der Waals surface area (Å²) in [6, 6.07) is 23.3. The summed E-state index contributed by atoms with van der Waals surface area (Å²) < 4.78 is 16.7. The van der Waals surface area contributed by atoms with Crippen LogP contribution in [0.25, 0.3) is 6.08 Å². The van der Waals surface area contributed by atoms with E-state index in [1.165, 1.54) is 5.56 Å². The number of esters is 1. The first-order valence-electron chi connectivity index (χ1n) is 10.1. The average Bonchev–Trinajstić information content (AvgIpc) is 3.16. The summed E-state index contributed by atoms with van der Waals surface area (Å²) in [5.41, 5.74) is 4.12. The predicted molar refractivity (Wildman–Crippen MR) is 120 cm³/mol. The molecule has 156 valence electrons. The van der Waals surface area contributed by atoms with Gasteiger partial charge in [0.2, 0.25) is 5.90 Å². The lowest BCUT2D eigenvalue weighted by Crippen LogP contribution is -2.05. The molecule has 0 spiro atoms. The Kier molecular flexibility index (Phi) is 6.13. The van der Waals surface area contributed by atoms with Crippen molar-refractivity contribution in [3.8, 4) is 11.5 Å². The van der Waals surface area contributed by atoms with Gasteiger partial charge in [0.25, 0.3) is 0 Å². The zero-order chi connectivity index (χ0) is 21.6. The number of methoxy groups -OCH3 is 1. The summed E-state index contributed by atoms with van der Waals surface area (Å²) in [5.74, 6) is 1.08. The zero-order valence-corrected chi connectivity index (χ0v) is 17.5. The lowest BCUT2D eigenvalue weighted by molar-refractivity contribution is -0.129. The van der Waals surface area contributed by atoms with Crippen molar-refractivity contribution in [3.63, 3.8) is 0 Å². The monoisotopic (exact) mass is 413 g/mol. The molecule has 0 bridgehead atoms. The first kappa shape index (κ1) is 20.4. The summed E-state index contributed by atoms with van der Waals surface area (Å²) in [6.45, 7) is 2.54. The van der Waals surface area contributed by atoms with Crippen molar-refractivity contribution < 1.29 is 19.0 Å². The maximum absolute atomic E-state index is 12.3. The van der Waals surface area contributed by atoms with Crippen LogP contribution in [0.4, 0.5) is 0 Å². The molecule has 0 atom stereocenters. The Labute approximate surface area is 181 Å². The number of carbonyl (C=O) groups is 1. The van der Waals surface area contributed by atoms with Crippen LogP contribution < -0.4 is 9.47 Å². The van der Waals surface area contributed by atoms with Crippen LogP contribution in [0, 0.1) is 6.92 Å². The van der Waals surface area contributed by atoms with Crippen LogP contribution in [0.5, 0.6) is 11.5 Å². The fourth-order valence-electron chi connectivity index (χ4n) is 3.20. The maximum atomic E-state index is 12.3. The Morgan fingerprint density at radius 2 is 1.74 bits per heavy atom. The molecule has 0 fully saturated rings. The third kappa shape index (κ3) is 5.01. The molecule has 1 aliphatic heterocycles. The van der Waals surface area contributed by atoms with Crippen LogP contribution in [0.1, 0.15) is 22.3 Å². The number of nitrogens with zero attached hydrogens (tertiary/aromatic N) is 1. The molecule has 0 aliphatic carbocycles. The van der Waals surface area contributed by atoms with Gasteiger partial charge in [-0.15, -0.1) is 0 Å². The van der Waals surface area contributed by atoms with Crippen molar-refractivity contribution in [1.82, 2.24) is 0 Å². The molecule has 3 aromatic carbocycles. The van der Waals surface area contributed by atoms with E-state index >= 15 is 0 Å². The highest BCUT2D eigenvalue weighted by Gasteiger charge is 2.24. The van der Waals surface area contributed by atoms with Gasteiger partial charge >= 0.3 is 5.97 Å². The van der Waals surface area contributed by atoms with Crippen molar-refractivity contribution in [1.29, 1.82) is 0 Å². The van der Waals surface area contributed by atoms with Crippen LogP contribution in [0.3, 0.4) is 0 Å². The number of hydrogen-bond donors (Lipinski definition) is 0. The lowest BCUT2D eigenvalue weighted by Gasteiger charge is -2.11. The van der Waals surface area contributed by atoms with E-state index in [2.05, 4.69) is 17.1 Å². The Balaban J connectivity index is 1.48. The molecule has 5 heteroatoms. The average molecular weight is 413 g/mol. The molecule has 0 unspecified atom stereocenters. The Bertz CT molecular complexity index is 1130. The summed E-state index contributed by atoms with van der Waals surface area (Å²) in [6.07, 6.45) is 2.48. The van der Waals surface area contributed by atoms with Crippen LogP contribution in [-0.4, -0.2) is 25.6 Å². The largest absolute Gasteiger partial charge is 0.493 e. The second-order valence-electron chi connectivity index (χ2n) is 7.20. The van der Waals surface area contributed by atoms with Gasteiger partial charge in [0.05, 0.1) is 13.7 Å². The number of ether oxygens (including phenoxy) is 3. The van der Waals surface area contributed by atoms with Crippen molar-refractivity contribution in [2.24, 2.45) is 4.99 Å². The normalized spacial score (nSPS) is 14.3. The Morgan fingerprint density at radius 3 is 2.48 bits per heavy atom. The second-order valence-corrected chi connectivity index (χ2v) is 7.20. The number of aliphatic imine (C=N–C) groups is 1. The molecular formula is C26H23NO4. The minimum Gasteiger partial charge on any atom is -0.493 e. The summed E-state index contributed by atoms with van der Waals surface area (Å²) in [7, 11) is 1.59. The topological polar surface area (TPSA) is 57.1 Å². The maximum Gasteiger partial charge on any atom is 0.363 e. The molecule has 0 saturated heterocycles. The Morgan fingerprint density at radius 1 is 0.968 bits per heavy atom. The van der Waals surface area contributed by atoms with E-state index in [1.807, 2.05) is 67.6 Å². The van der Waals surface area contributed by atoms with E-state index in [0.717, 1.165) is 23.1 Å². The van der Waals surface area contributed by atoms with E-state index in [1.54, 1.807) is 13.2 Å². The van der Waals surface area contributed by atoms with E-state index in [4.69, 9.17) is 14.2 Å². The van der Waals surface area contributed by atoms with E-state index < -0.39 is 5.97 Å². The molecule has 4 rings (SSSR count). The van der Waals surface area contributed by atoms with Crippen molar-refractivity contribution >= 4 is 17.9 Å². The number of benzene rings is 3. The molecule has 3 aromatic rings. The predicted octanol–water partition coefficient (Wildman–Crippen LogP) is 4.97. The summed E-state index contributed by atoms with van der Waals surface area (Å²) in [4.78, 5) is 16.6. The molecular weight excluding hydrogens is 390 g/mol. The van der Waals surface area contributed by atoms with Crippen LogP contribution in [-0.2, 0) is 16.0 Å². The van der Waals surface area contributed by atoms with E-state index in [0.29, 0.717) is 24.0 Å². The molecule has 1 heterocycles. The number of rotatable bonds is 7. The van der Waals surface area contributed by atoms with Gasteiger partial charge in [0, 0.05) is 12.0 Å². The number of hydrogen-bond acceptors (Lipinski definition) is 5. The van der Waals surface area contributed by atoms with Gasteiger partial charge in [-0.2, -0.15) is 0 Å².